The third-order valence-electron chi connectivity index (χ3n) is 3.25. The molecular formula is C15H7ClF3NO2S. The van der Waals surface area contributed by atoms with Gasteiger partial charge in [-0.2, -0.15) is 13.2 Å². The van der Waals surface area contributed by atoms with E-state index in [1.807, 2.05) is 0 Å². The van der Waals surface area contributed by atoms with Gasteiger partial charge < -0.3 is 4.74 Å². The van der Waals surface area contributed by atoms with E-state index in [-0.39, 0.29) is 22.6 Å². The Labute approximate surface area is 138 Å². The second kappa shape index (κ2) is 5.55. The van der Waals surface area contributed by atoms with E-state index in [0.717, 1.165) is 17.4 Å². The van der Waals surface area contributed by atoms with Crippen LogP contribution >= 0.6 is 22.9 Å². The van der Waals surface area contributed by atoms with Crippen molar-refractivity contribution in [2.24, 2.45) is 0 Å². The van der Waals surface area contributed by atoms with E-state index in [0.29, 0.717) is 4.88 Å². The Morgan fingerprint density at radius 3 is 2.83 bits per heavy atom. The number of carbonyl (C=O) groups excluding carboxylic acids is 1. The Bertz CT molecular complexity index is 823. The van der Waals surface area contributed by atoms with Crippen LogP contribution in [0.25, 0.3) is 0 Å². The summed E-state index contributed by atoms with van der Waals surface area (Å²) >= 11 is 6.91. The summed E-state index contributed by atoms with van der Waals surface area (Å²) in [7, 11) is 0. The van der Waals surface area contributed by atoms with Crippen molar-refractivity contribution in [2.75, 3.05) is 0 Å². The predicted octanol–water partition coefficient (Wildman–Crippen LogP) is 3.71. The molecule has 0 amide bonds. The topological polar surface area (TPSA) is 39.2 Å². The molecule has 0 spiro atoms. The largest absolute Gasteiger partial charge is 0.445 e. The van der Waals surface area contributed by atoms with Crippen LogP contribution in [0.15, 0.2) is 29.9 Å². The summed E-state index contributed by atoms with van der Waals surface area (Å²) in [5, 5.41) is 0.106. The number of hydrogen-bond acceptors (Lipinski definition) is 4. The first kappa shape index (κ1) is 15.8. The average Bonchev–Trinajstić information content (AvgIpc) is 2.97. The highest BCUT2D eigenvalue weighted by molar-refractivity contribution is 7.10. The first-order valence-corrected chi connectivity index (χ1v) is 7.57. The van der Waals surface area contributed by atoms with Gasteiger partial charge in [-0.3, -0.25) is 9.78 Å². The fraction of sp³-hybridized carbons (Fsp3) is 0.200. The van der Waals surface area contributed by atoms with Crippen LogP contribution in [0, 0.1) is 11.8 Å². The number of fused-ring (bicyclic) bond motifs is 1. The van der Waals surface area contributed by atoms with Gasteiger partial charge in [-0.25, -0.2) is 0 Å². The number of hydrogen-bond donors (Lipinski definition) is 0. The minimum Gasteiger partial charge on any atom is -0.431 e. The number of alkyl halides is 3. The predicted molar refractivity (Wildman–Crippen MR) is 78.0 cm³/mol. The number of rotatable bonds is 0. The van der Waals surface area contributed by atoms with Gasteiger partial charge in [-0.1, -0.05) is 17.7 Å². The Kier molecular flexibility index (Phi) is 3.82. The molecule has 0 bridgehead atoms. The maximum Gasteiger partial charge on any atom is 0.445 e. The highest BCUT2D eigenvalue weighted by Crippen LogP contribution is 2.46. The standard InChI is InChI=1S/C15H7ClF3NO2S/c16-10-2-1-9-5-13(21)22-14(12(9)6-10,15(17,18)19)4-3-11-7-20-8-23-11/h1-2,6-8H,5H2. The molecule has 1 aromatic carbocycles. The summed E-state index contributed by atoms with van der Waals surface area (Å²) in [6.07, 6.45) is -3.84. The summed E-state index contributed by atoms with van der Waals surface area (Å²) in [6, 6.07) is 3.95. The van der Waals surface area contributed by atoms with Gasteiger partial charge in [0.2, 0.25) is 0 Å². The average molecular weight is 358 g/mol. The molecule has 0 saturated carbocycles. The van der Waals surface area contributed by atoms with Crippen LogP contribution in [0.2, 0.25) is 5.02 Å². The second-order valence-corrected chi connectivity index (χ2v) is 6.07. The third-order valence-corrected chi connectivity index (χ3v) is 4.17. The molecule has 1 unspecified atom stereocenters. The molecule has 0 radical (unpaired) electrons. The number of nitrogens with zero attached hydrogens (tertiary/aromatic N) is 1. The summed E-state index contributed by atoms with van der Waals surface area (Å²) in [4.78, 5) is 15.8. The summed E-state index contributed by atoms with van der Waals surface area (Å²) in [5.41, 5.74) is -1.65. The molecule has 23 heavy (non-hydrogen) atoms. The van der Waals surface area contributed by atoms with Gasteiger partial charge in [0.1, 0.15) is 0 Å². The fourth-order valence-corrected chi connectivity index (χ4v) is 2.89. The zero-order chi connectivity index (χ0) is 16.7. The molecule has 0 saturated heterocycles. The van der Waals surface area contributed by atoms with Crippen molar-refractivity contribution in [3.63, 3.8) is 0 Å². The quantitative estimate of drug-likeness (QED) is 0.533. The number of ether oxygens (including phenoxy) is 1. The number of benzene rings is 1. The van der Waals surface area contributed by atoms with Crippen LogP contribution in [-0.4, -0.2) is 17.1 Å². The lowest BCUT2D eigenvalue weighted by Crippen LogP contribution is -2.48. The second-order valence-electron chi connectivity index (χ2n) is 4.75. The smallest absolute Gasteiger partial charge is 0.431 e. The number of halogens is 4. The van der Waals surface area contributed by atoms with E-state index in [1.165, 1.54) is 23.8 Å². The van der Waals surface area contributed by atoms with Crippen molar-refractivity contribution in [1.29, 1.82) is 0 Å². The molecule has 8 heteroatoms. The molecule has 3 nitrogen and oxygen atoms in total. The number of cyclic esters (lactones) is 1. The van der Waals surface area contributed by atoms with Crippen LogP contribution in [0.1, 0.15) is 16.0 Å². The van der Waals surface area contributed by atoms with E-state index >= 15 is 0 Å². The molecule has 0 N–H and O–H groups in total. The molecule has 2 aromatic rings. The van der Waals surface area contributed by atoms with Crippen molar-refractivity contribution in [3.05, 3.63) is 50.9 Å². The molecule has 1 aromatic heterocycles. The van der Waals surface area contributed by atoms with Gasteiger partial charge in [0.15, 0.2) is 0 Å². The zero-order valence-corrected chi connectivity index (χ0v) is 12.9. The Balaban J connectivity index is 2.25. The molecular weight excluding hydrogens is 351 g/mol. The lowest BCUT2D eigenvalue weighted by atomic mass is 9.85. The van der Waals surface area contributed by atoms with E-state index in [1.54, 1.807) is 0 Å². The lowest BCUT2D eigenvalue weighted by Gasteiger charge is -2.35. The number of aromatic nitrogens is 1. The van der Waals surface area contributed by atoms with Crippen molar-refractivity contribution in [1.82, 2.24) is 4.98 Å². The Morgan fingerprint density at radius 2 is 2.17 bits per heavy atom. The molecule has 1 aliphatic rings. The van der Waals surface area contributed by atoms with Gasteiger partial charge in [-0.05, 0) is 29.5 Å². The summed E-state index contributed by atoms with van der Waals surface area (Å²) in [6.45, 7) is 0. The lowest BCUT2D eigenvalue weighted by molar-refractivity contribution is -0.256. The van der Waals surface area contributed by atoms with E-state index in [2.05, 4.69) is 16.8 Å². The Morgan fingerprint density at radius 1 is 1.39 bits per heavy atom. The van der Waals surface area contributed by atoms with Gasteiger partial charge in [-0.15, -0.1) is 11.3 Å². The number of carbonyl (C=O) groups is 1. The monoisotopic (exact) mass is 357 g/mol. The molecule has 0 aliphatic carbocycles. The van der Waals surface area contributed by atoms with Crippen molar-refractivity contribution < 1.29 is 22.7 Å². The van der Waals surface area contributed by atoms with Crippen molar-refractivity contribution >= 4 is 28.9 Å². The minimum absolute atomic E-state index is 0.106. The maximum atomic E-state index is 13.8. The Hall–Kier alpha value is -2.04. The third kappa shape index (κ3) is 2.80. The van der Waals surface area contributed by atoms with Crippen LogP contribution in [0.3, 0.4) is 0 Å². The molecule has 118 valence electrons. The highest BCUT2D eigenvalue weighted by Gasteiger charge is 2.61. The number of thiazole rings is 1. The van der Waals surface area contributed by atoms with Gasteiger partial charge in [0.25, 0.3) is 5.60 Å². The van der Waals surface area contributed by atoms with Crippen LogP contribution in [0.4, 0.5) is 13.2 Å². The first-order chi connectivity index (χ1) is 10.8. The molecule has 2 heterocycles. The normalized spacial score (nSPS) is 20.3. The highest BCUT2D eigenvalue weighted by atomic mass is 35.5. The summed E-state index contributed by atoms with van der Waals surface area (Å²) in [5.74, 6) is 3.48. The molecule has 0 fully saturated rings. The molecule has 1 atom stereocenters. The van der Waals surface area contributed by atoms with Gasteiger partial charge in [0, 0.05) is 10.6 Å². The van der Waals surface area contributed by atoms with Crippen molar-refractivity contribution in [2.45, 2.75) is 18.2 Å². The maximum absolute atomic E-state index is 13.8. The molecule has 3 rings (SSSR count). The SMILES string of the molecule is O=C1Cc2ccc(Cl)cc2C(C#Cc2cncs2)(C(F)(F)F)O1. The summed E-state index contributed by atoms with van der Waals surface area (Å²) < 4.78 is 46.0. The minimum atomic E-state index is -4.92. The van der Waals surface area contributed by atoms with Crippen molar-refractivity contribution in [3.8, 4) is 11.8 Å². The van der Waals surface area contributed by atoms with Crippen LogP contribution in [0.5, 0.6) is 0 Å². The van der Waals surface area contributed by atoms with Gasteiger partial charge >= 0.3 is 12.1 Å². The van der Waals surface area contributed by atoms with Crippen LogP contribution in [-0.2, 0) is 21.6 Å². The van der Waals surface area contributed by atoms with E-state index < -0.39 is 17.7 Å². The zero-order valence-electron chi connectivity index (χ0n) is 11.3. The number of esters is 1. The van der Waals surface area contributed by atoms with Crippen LogP contribution < -0.4 is 0 Å². The fourth-order valence-electron chi connectivity index (χ4n) is 2.25. The first-order valence-electron chi connectivity index (χ1n) is 6.31. The van der Waals surface area contributed by atoms with E-state index in [9.17, 15) is 18.0 Å². The molecule has 1 aliphatic heterocycles. The van der Waals surface area contributed by atoms with E-state index in [4.69, 9.17) is 16.3 Å². The van der Waals surface area contributed by atoms with Gasteiger partial charge in [0.05, 0.1) is 23.0 Å².